The number of amides is 3. The summed E-state index contributed by atoms with van der Waals surface area (Å²) in [6, 6.07) is -0.0616. The Morgan fingerprint density at radius 3 is 2.84 bits per heavy atom. The number of hydrogen-bond acceptors (Lipinski definition) is 3. The lowest BCUT2D eigenvalue weighted by molar-refractivity contribution is -0.121. The zero-order valence-electron chi connectivity index (χ0n) is 12.1. The predicted molar refractivity (Wildman–Crippen MR) is 72.9 cm³/mol. The van der Waals surface area contributed by atoms with Crippen molar-refractivity contribution in [2.45, 2.75) is 19.8 Å². The number of methoxy groups -OCH3 is 1. The topological polar surface area (TPSA) is 61.9 Å². The fraction of sp³-hybridized carbons (Fsp3) is 0.846. The fourth-order valence-electron chi connectivity index (χ4n) is 2.24. The zero-order chi connectivity index (χ0) is 14.3. The Balaban J connectivity index is 2.33. The van der Waals surface area contributed by atoms with Crippen LogP contribution in [0, 0.1) is 5.92 Å². The van der Waals surface area contributed by atoms with Crippen LogP contribution < -0.4 is 5.32 Å². The third kappa shape index (κ3) is 5.46. The molecule has 0 spiro atoms. The van der Waals surface area contributed by atoms with E-state index in [1.807, 2.05) is 4.90 Å². The van der Waals surface area contributed by atoms with E-state index in [0.29, 0.717) is 19.1 Å². The Hall–Kier alpha value is -1.30. The van der Waals surface area contributed by atoms with Crippen molar-refractivity contribution in [3.8, 4) is 0 Å². The van der Waals surface area contributed by atoms with Gasteiger partial charge in [0.25, 0.3) is 0 Å². The highest BCUT2D eigenvalue weighted by atomic mass is 16.5. The van der Waals surface area contributed by atoms with Gasteiger partial charge in [-0.05, 0) is 18.8 Å². The average Bonchev–Trinajstić information content (AvgIpc) is 2.38. The van der Waals surface area contributed by atoms with E-state index < -0.39 is 0 Å². The van der Waals surface area contributed by atoms with Crippen molar-refractivity contribution < 1.29 is 14.3 Å². The molecule has 1 N–H and O–H groups in total. The van der Waals surface area contributed by atoms with Crippen molar-refractivity contribution in [3.05, 3.63) is 0 Å². The minimum Gasteiger partial charge on any atom is -0.383 e. The maximum atomic E-state index is 12.2. The largest absolute Gasteiger partial charge is 0.383 e. The van der Waals surface area contributed by atoms with Gasteiger partial charge in [0.2, 0.25) is 5.91 Å². The molecule has 1 saturated heterocycles. The molecular weight excluding hydrogens is 246 g/mol. The normalized spacial score (nSPS) is 19.1. The summed E-state index contributed by atoms with van der Waals surface area (Å²) in [5, 5.41) is 2.70. The molecule has 1 aliphatic heterocycles. The van der Waals surface area contributed by atoms with Gasteiger partial charge in [-0.15, -0.1) is 0 Å². The van der Waals surface area contributed by atoms with Crippen LogP contribution in [0.2, 0.25) is 0 Å². The Bertz CT molecular complexity index is 310. The first-order valence-corrected chi connectivity index (χ1v) is 6.80. The monoisotopic (exact) mass is 271 g/mol. The minimum absolute atomic E-state index is 0.0616. The predicted octanol–water partition coefficient (Wildman–Crippen LogP) is 0.533. The van der Waals surface area contributed by atoms with Crippen molar-refractivity contribution in [3.63, 3.8) is 0 Å². The van der Waals surface area contributed by atoms with E-state index in [0.717, 1.165) is 19.5 Å². The first-order chi connectivity index (χ1) is 9.04. The summed E-state index contributed by atoms with van der Waals surface area (Å²) in [7, 11) is 3.25. The number of piperidine rings is 1. The Morgan fingerprint density at radius 2 is 2.21 bits per heavy atom. The Kier molecular flexibility index (Phi) is 6.62. The highest BCUT2D eigenvalue weighted by molar-refractivity contribution is 5.83. The van der Waals surface area contributed by atoms with Gasteiger partial charge in [-0.2, -0.15) is 0 Å². The van der Waals surface area contributed by atoms with Gasteiger partial charge in [-0.3, -0.25) is 4.79 Å². The van der Waals surface area contributed by atoms with E-state index in [2.05, 4.69) is 12.2 Å². The summed E-state index contributed by atoms with van der Waals surface area (Å²) >= 11 is 0. The van der Waals surface area contributed by atoms with Crippen LogP contribution >= 0.6 is 0 Å². The number of carbonyl (C=O) groups excluding carboxylic acids is 2. The molecule has 0 bridgehead atoms. The van der Waals surface area contributed by atoms with Gasteiger partial charge >= 0.3 is 6.03 Å². The van der Waals surface area contributed by atoms with E-state index in [1.54, 1.807) is 14.2 Å². The van der Waals surface area contributed by atoms with Crippen LogP contribution in [0.5, 0.6) is 0 Å². The van der Waals surface area contributed by atoms with Gasteiger partial charge in [-0.1, -0.05) is 6.92 Å². The molecular formula is C13H25N3O3. The second-order valence-electron chi connectivity index (χ2n) is 5.17. The maximum Gasteiger partial charge on any atom is 0.320 e. The maximum absolute atomic E-state index is 12.2. The highest BCUT2D eigenvalue weighted by Crippen LogP contribution is 2.16. The van der Waals surface area contributed by atoms with Gasteiger partial charge in [-0.25, -0.2) is 4.79 Å². The van der Waals surface area contributed by atoms with Crippen LogP contribution in [-0.4, -0.2) is 68.7 Å². The molecule has 6 heteroatoms. The molecule has 1 fully saturated rings. The van der Waals surface area contributed by atoms with E-state index in [-0.39, 0.29) is 18.5 Å². The first kappa shape index (κ1) is 15.8. The summed E-state index contributed by atoms with van der Waals surface area (Å²) in [5.41, 5.74) is 0. The number of likely N-dealkylation sites (tertiary alicyclic amines) is 1. The molecule has 0 aromatic carbocycles. The molecule has 1 atom stereocenters. The molecule has 0 radical (unpaired) electrons. The van der Waals surface area contributed by atoms with E-state index in [9.17, 15) is 9.59 Å². The number of ether oxygens (including phenoxy) is 1. The summed E-state index contributed by atoms with van der Waals surface area (Å²) in [4.78, 5) is 27.1. The molecule has 0 aromatic heterocycles. The lowest BCUT2D eigenvalue weighted by atomic mass is 10.0. The molecule has 3 amide bonds. The quantitative estimate of drug-likeness (QED) is 0.742. The van der Waals surface area contributed by atoms with Gasteiger partial charge in [0.1, 0.15) is 6.54 Å². The second-order valence-corrected chi connectivity index (χ2v) is 5.17. The molecule has 0 saturated carbocycles. The molecule has 1 heterocycles. The molecule has 6 nitrogen and oxygen atoms in total. The molecule has 1 aliphatic rings. The Labute approximate surface area is 115 Å². The van der Waals surface area contributed by atoms with Crippen molar-refractivity contribution in [2.24, 2.45) is 5.92 Å². The molecule has 1 rings (SSSR count). The molecule has 1 unspecified atom stereocenters. The van der Waals surface area contributed by atoms with Crippen LogP contribution in [0.3, 0.4) is 0 Å². The second kappa shape index (κ2) is 7.99. The third-order valence-corrected chi connectivity index (χ3v) is 3.26. The number of carbonyl (C=O) groups is 2. The van der Waals surface area contributed by atoms with Gasteiger partial charge in [0, 0.05) is 33.8 Å². The van der Waals surface area contributed by atoms with Crippen LogP contribution in [0.1, 0.15) is 19.8 Å². The van der Waals surface area contributed by atoms with Gasteiger partial charge < -0.3 is 19.9 Å². The number of rotatable bonds is 5. The Morgan fingerprint density at radius 1 is 1.47 bits per heavy atom. The third-order valence-electron chi connectivity index (χ3n) is 3.26. The van der Waals surface area contributed by atoms with Crippen molar-refractivity contribution in [1.82, 2.24) is 15.1 Å². The SMILES string of the molecule is COCCNC(=O)CN(C)C(=O)N1CCCC(C)C1. The molecule has 0 aromatic rings. The van der Waals surface area contributed by atoms with E-state index >= 15 is 0 Å². The van der Waals surface area contributed by atoms with Gasteiger partial charge in [0.15, 0.2) is 0 Å². The number of hydrogen-bond donors (Lipinski definition) is 1. The van der Waals surface area contributed by atoms with Crippen LogP contribution in [0.4, 0.5) is 4.79 Å². The fourth-order valence-corrected chi connectivity index (χ4v) is 2.24. The standard InChI is InChI=1S/C13H25N3O3/c1-11-5-4-7-16(9-11)13(18)15(2)10-12(17)14-6-8-19-3/h11H,4-10H2,1-3H3,(H,14,17). The minimum atomic E-state index is -0.155. The van der Waals surface area contributed by atoms with Crippen molar-refractivity contribution in [2.75, 3.05) is 46.9 Å². The highest BCUT2D eigenvalue weighted by Gasteiger charge is 2.24. The van der Waals surface area contributed by atoms with Crippen molar-refractivity contribution >= 4 is 11.9 Å². The number of nitrogens with zero attached hydrogens (tertiary/aromatic N) is 2. The van der Waals surface area contributed by atoms with Crippen molar-refractivity contribution in [1.29, 1.82) is 0 Å². The summed E-state index contributed by atoms with van der Waals surface area (Å²) in [6.07, 6.45) is 2.21. The lowest BCUT2D eigenvalue weighted by Crippen LogP contribution is -2.48. The number of likely N-dealkylation sites (N-methyl/N-ethyl adjacent to an activating group) is 1. The van der Waals surface area contributed by atoms with E-state index in [1.165, 1.54) is 11.3 Å². The van der Waals surface area contributed by atoms with Crippen LogP contribution in [0.25, 0.3) is 0 Å². The first-order valence-electron chi connectivity index (χ1n) is 6.80. The average molecular weight is 271 g/mol. The van der Waals surface area contributed by atoms with Crippen LogP contribution in [-0.2, 0) is 9.53 Å². The molecule has 0 aliphatic carbocycles. The lowest BCUT2D eigenvalue weighted by Gasteiger charge is -2.33. The zero-order valence-corrected chi connectivity index (χ0v) is 12.1. The number of nitrogens with one attached hydrogen (secondary N) is 1. The number of urea groups is 1. The summed E-state index contributed by atoms with van der Waals surface area (Å²) < 4.78 is 4.85. The van der Waals surface area contributed by atoms with Crippen LogP contribution in [0.15, 0.2) is 0 Å². The molecule has 19 heavy (non-hydrogen) atoms. The van der Waals surface area contributed by atoms with Gasteiger partial charge in [0.05, 0.1) is 6.61 Å². The van der Waals surface area contributed by atoms with E-state index in [4.69, 9.17) is 4.74 Å². The molecule has 110 valence electrons. The summed E-state index contributed by atoms with van der Waals surface area (Å²) in [6.45, 7) is 4.77. The smallest absolute Gasteiger partial charge is 0.320 e. The summed E-state index contributed by atoms with van der Waals surface area (Å²) in [5.74, 6) is 0.389.